The van der Waals surface area contributed by atoms with E-state index in [1.165, 1.54) is 0 Å². The van der Waals surface area contributed by atoms with Gasteiger partial charge in [-0.25, -0.2) is 4.79 Å². The van der Waals surface area contributed by atoms with Gasteiger partial charge in [-0.05, 0) is 49.2 Å². The van der Waals surface area contributed by atoms with E-state index in [1.54, 1.807) is 0 Å². The highest BCUT2D eigenvalue weighted by atomic mass is 16.6. The van der Waals surface area contributed by atoms with Crippen molar-refractivity contribution in [1.29, 1.82) is 0 Å². The summed E-state index contributed by atoms with van der Waals surface area (Å²) in [5, 5.41) is 2.80. The van der Waals surface area contributed by atoms with Gasteiger partial charge in [0.05, 0.1) is 18.9 Å². The molecule has 5 heteroatoms. The Bertz CT molecular complexity index is 704. The fourth-order valence-electron chi connectivity index (χ4n) is 2.90. The molecule has 24 heavy (non-hydrogen) atoms. The molecule has 0 radical (unpaired) electrons. The van der Waals surface area contributed by atoms with Crippen LogP contribution in [0.3, 0.4) is 0 Å². The number of benzene rings is 2. The standard InChI is InChI=1S/C19H22N2O3/c1-14-11-15(2)13-16(12-14)20-19(22)24-18-6-4-3-5-17(18)21-7-9-23-10-8-21/h3-6,11-13H,7-10H2,1-2H3,(H,20,22). The van der Waals surface area contributed by atoms with Gasteiger partial charge in [-0.15, -0.1) is 0 Å². The summed E-state index contributed by atoms with van der Waals surface area (Å²) in [7, 11) is 0. The summed E-state index contributed by atoms with van der Waals surface area (Å²) in [6, 6.07) is 13.5. The van der Waals surface area contributed by atoms with Crippen molar-refractivity contribution in [2.45, 2.75) is 13.8 Å². The van der Waals surface area contributed by atoms with Gasteiger partial charge in [0.25, 0.3) is 0 Å². The molecule has 0 atom stereocenters. The second kappa shape index (κ2) is 7.36. The second-order valence-corrected chi connectivity index (χ2v) is 5.96. The number of carbonyl (C=O) groups excluding carboxylic acids is 1. The molecule has 1 aliphatic heterocycles. The van der Waals surface area contributed by atoms with Crippen LogP contribution in [0.2, 0.25) is 0 Å². The quantitative estimate of drug-likeness (QED) is 0.933. The Kier molecular flexibility index (Phi) is 5.01. The Morgan fingerprint density at radius 2 is 1.75 bits per heavy atom. The van der Waals surface area contributed by atoms with E-state index in [-0.39, 0.29) is 0 Å². The molecule has 1 heterocycles. The monoisotopic (exact) mass is 326 g/mol. The number of nitrogens with one attached hydrogen (secondary N) is 1. The lowest BCUT2D eigenvalue weighted by molar-refractivity contribution is 0.122. The van der Waals surface area contributed by atoms with Crippen LogP contribution in [0.4, 0.5) is 16.2 Å². The van der Waals surface area contributed by atoms with E-state index in [1.807, 2.05) is 50.2 Å². The third-order valence-electron chi connectivity index (χ3n) is 3.89. The number of anilines is 2. The topological polar surface area (TPSA) is 50.8 Å². The van der Waals surface area contributed by atoms with Crippen molar-refractivity contribution in [1.82, 2.24) is 0 Å². The molecule has 1 N–H and O–H groups in total. The largest absolute Gasteiger partial charge is 0.417 e. The van der Waals surface area contributed by atoms with E-state index in [4.69, 9.17) is 9.47 Å². The van der Waals surface area contributed by atoms with Crippen LogP contribution in [-0.4, -0.2) is 32.4 Å². The fourth-order valence-corrected chi connectivity index (χ4v) is 2.90. The third kappa shape index (κ3) is 4.06. The molecule has 1 amide bonds. The molecule has 0 spiro atoms. The Balaban J connectivity index is 1.72. The lowest BCUT2D eigenvalue weighted by Crippen LogP contribution is -2.36. The lowest BCUT2D eigenvalue weighted by Gasteiger charge is -2.29. The lowest BCUT2D eigenvalue weighted by atomic mass is 10.1. The van der Waals surface area contributed by atoms with E-state index in [0.717, 1.165) is 35.6 Å². The first-order chi connectivity index (χ1) is 11.6. The third-order valence-corrected chi connectivity index (χ3v) is 3.89. The molecule has 0 aliphatic carbocycles. The van der Waals surface area contributed by atoms with Crippen molar-refractivity contribution >= 4 is 17.5 Å². The Morgan fingerprint density at radius 3 is 2.46 bits per heavy atom. The van der Waals surface area contributed by atoms with E-state index in [0.29, 0.717) is 19.0 Å². The Labute approximate surface area is 142 Å². The van der Waals surface area contributed by atoms with E-state index < -0.39 is 6.09 Å². The highest BCUT2D eigenvalue weighted by Gasteiger charge is 2.17. The first-order valence-electron chi connectivity index (χ1n) is 8.11. The van der Waals surface area contributed by atoms with Gasteiger partial charge in [0, 0.05) is 18.8 Å². The summed E-state index contributed by atoms with van der Waals surface area (Å²) in [4.78, 5) is 14.4. The van der Waals surface area contributed by atoms with Crippen molar-refractivity contribution < 1.29 is 14.3 Å². The van der Waals surface area contributed by atoms with Crippen LogP contribution in [-0.2, 0) is 4.74 Å². The van der Waals surface area contributed by atoms with Crippen molar-refractivity contribution in [2.75, 3.05) is 36.5 Å². The van der Waals surface area contributed by atoms with E-state index in [9.17, 15) is 4.79 Å². The number of ether oxygens (including phenoxy) is 2. The molecule has 0 aromatic heterocycles. The maximum absolute atomic E-state index is 12.3. The second-order valence-electron chi connectivity index (χ2n) is 5.96. The number of rotatable bonds is 3. The molecule has 0 saturated carbocycles. The summed E-state index contributed by atoms with van der Waals surface area (Å²) in [5.41, 5.74) is 3.84. The number of hydrogen-bond donors (Lipinski definition) is 1. The molecule has 2 aromatic carbocycles. The smallest absolute Gasteiger partial charge is 0.408 e. The van der Waals surface area contributed by atoms with Gasteiger partial charge in [0.1, 0.15) is 0 Å². The number of nitrogens with zero attached hydrogens (tertiary/aromatic N) is 1. The summed E-state index contributed by atoms with van der Waals surface area (Å²) in [6.45, 7) is 6.94. The molecule has 5 nitrogen and oxygen atoms in total. The van der Waals surface area contributed by atoms with Crippen LogP contribution in [0.5, 0.6) is 5.75 Å². The minimum Gasteiger partial charge on any atom is -0.408 e. The summed E-state index contributed by atoms with van der Waals surface area (Å²) < 4.78 is 10.9. The SMILES string of the molecule is Cc1cc(C)cc(NC(=O)Oc2ccccc2N2CCOCC2)c1. The van der Waals surface area contributed by atoms with Crippen molar-refractivity contribution in [3.8, 4) is 5.75 Å². The van der Waals surface area contributed by atoms with E-state index >= 15 is 0 Å². The molecule has 1 saturated heterocycles. The van der Waals surface area contributed by atoms with Crippen molar-refractivity contribution in [3.05, 3.63) is 53.6 Å². The first kappa shape index (κ1) is 16.3. The zero-order valence-electron chi connectivity index (χ0n) is 14.0. The summed E-state index contributed by atoms with van der Waals surface area (Å²) >= 11 is 0. The molecule has 2 aromatic rings. The van der Waals surface area contributed by atoms with Crippen LogP contribution in [0.1, 0.15) is 11.1 Å². The number of para-hydroxylation sites is 2. The van der Waals surface area contributed by atoms with Crippen molar-refractivity contribution in [2.24, 2.45) is 0 Å². The number of morpholine rings is 1. The molecule has 0 unspecified atom stereocenters. The average Bonchev–Trinajstić information content (AvgIpc) is 2.55. The molecule has 1 aliphatic rings. The summed E-state index contributed by atoms with van der Waals surface area (Å²) in [5.74, 6) is 0.557. The van der Waals surface area contributed by atoms with Gasteiger partial charge in [-0.3, -0.25) is 5.32 Å². The summed E-state index contributed by atoms with van der Waals surface area (Å²) in [6.07, 6.45) is -0.485. The van der Waals surface area contributed by atoms with Crippen LogP contribution in [0.25, 0.3) is 0 Å². The Morgan fingerprint density at radius 1 is 1.08 bits per heavy atom. The molecular weight excluding hydrogens is 304 g/mol. The number of aryl methyl sites for hydroxylation is 2. The maximum Gasteiger partial charge on any atom is 0.417 e. The number of hydrogen-bond acceptors (Lipinski definition) is 4. The van der Waals surface area contributed by atoms with Crippen LogP contribution < -0.4 is 15.0 Å². The van der Waals surface area contributed by atoms with E-state index in [2.05, 4.69) is 16.3 Å². The zero-order chi connectivity index (χ0) is 16.9. The van der Waals surface area contributed by atoms with Crippen LogP contribution in [0, 0.1) is 13.8 Å². The predicted octanol–water partition coefficient (Wildman–Crippen LogP) is 3.75. The van der Waals surface area contributed by atoms with Gasteiger partial charge in [0.15, 0.2) is 5.75 Å². The Hall–Kier alpha value is -2.53. The van der Waals surface area contributed by atoms with Gasteiger partial charge in [-0.1, -0.05) is 18.2 Å². The minimum atomic E-state index is -0.485. The zero-order valence-corrected chi connectivity index (χ0v) is 14.0. The highest BCUT2D eigenvalue weighted by molar-refractivity contribution is 5.87. The molecule has 1 fully saturated rings. The normalized spacial score (nSPS) is 14.3. The first-order valence-corrected chi connectivity index (χ1v) is 8.11. The van der Waals surface area contributed by atoms with Gasteiger partial charge in [0.2, 0.25) is 0 Å². The molecule has 126 valence electrons. The molecular formula is C19H22N2O3. The predicted molar refractivity (Wildman–Crippen MR) is 95.0 cm³/mol. The van der Waals surface area contributed by atoms with Gasteiger partial charge in [-0.2, -0.15) is 0 Å². The maximum atomic E-state index is 12.3. The molecule has 3 rings (SSSR count). The fraction of sp³-hybridized carbons (Fsp3) is 0.316. The van der Waals surface area contributed by atoms with Gasteiger partial charge < -0.3 is 14.4 Å². The minimum absolute atomic E-state index is 0.485. The van der Waals surface area contributed by atoms with Gasteiger partial charge >= 0.3 is 6.09 Å². The number of carbonyl (C=O) groups is 1. The number of amides is 1. The van der Waals surface area contributed by atoms with Crippen LogP contribution >= 0.6 is 0 Å². The van der Waals surface area contributed by atoms with Crippen molar-refractivity contribution in [3.63, 3.8) is 0 Å². The molecule has 0 bridgehead atoms. The average molecular weight is 326 g/mol. The highest BCUT2D eigenvalue weighted by Crippen LogP contribution is 2.29. The van der Waals surface area contributed by atoms with Crippen LogP contribution in [0.15, 0.2) is 42.5 Å².